The number of urea groups is 1. The molecule has 5 heteroatoms. The lowest BCUT2D eigenvalue weighted by Crippen LogP contribution is -2.50. The summed E-state index contributed by atoms with van der Waals surface area (Å²) in [5.74, 6) is 1.11. The third kappa shape index (κ3) is 5.74. The number of benzene rings is 1. The molecule has 2 rings (SSSR count). The summed E-state index contributed by atoms with van der Waals surface area (Å²) >= 11 is 1.92. The SMILES string of the molecule is C[C@@H](O)C[C@@H](CNC(=O)N1CCSC(C)(C)C1)c1ccccc1. The zero-order chi connectivity index (χ0) is 16.9. The molecule has 2 amide bonds. The van der Waals surface area contributed by atoms with Gasteiger partial charge in [-0.2, -0.15) is 11.8 Å². The first kappa shape index (κ1) is 18.1. The Kier molecular flexibility index (Phi) is 6.36. The summed E-state index contributed by atoms with van der Waals surface area (Å²) in [4.78, 5) is 14.4. The minimum absolute atomic E-state index is 0.00454. The van der Waals surface area contributed by atoms with E-state index < -0.39 is 0 Å². The fourth-order valence-electron chi connectivity index (χ4n) is 2.99. The van der Waals surface area contributed by atoms with Crippen LogP contribution in [-0.2, 0) is 0 Å². The molecule has 0 saturated carbocycles. The van der Waals surface area contributed by atoms with E-state index in [1.807, 2.05) is 34.9 Å². The summed E-state index contributed by atoms with van der Waals surface area (Å²) in [5, 5.41) is 12.8. The van der Waals surface area contributed by atoms with Gasteiger partial charge in [0.15, 0.2) is 0 Å². The number of rotatable bonds is 5. The Bertz CT molecular complexity index is 505. The van der Waals surface area contributed by atoms with Gasteiger partial charge < -0.3 is 15.3 Å². The molecule has 0 spiro atoms. The first-order valence-electron chi connectivity index (χ1n) is 8.27. The van der Waals surface area contributed by atoms with Crippen LogP contribution < -0.4 is 5.32 Å². The van der Waals surface area contributed by atoms with Crippen molar-refractivity contribution >= 4 is 17.8 Å². The van der Waals surface area contributed by atoms with Crippen molar-refractivity contribution in [1.82, 2.24) is 10.2 Å². The Morgan fingerprint density at radius 2 is 2.09 bits per heavy atom. The zero-order valence-electron chi connectivity index (χ0n) is 14.3. The van der Waals surface area contributed by atoms with Crippen LogP contribution >= 0.6 is 11.8 Å². The summed E-state index contributed by atoms with van der Waals surface area (Å²) in [6, 6.07) is 10.1. The molecule has 128 valence electrons. The normalized spacial score (nSPS) is 19.9. The number of carbonyl (C=O) groups is 1. The molecule has 0 aromatic heterocycles. The van der Waals surface area contributed by atoms with Gasteiger partial charge in [0.25, 0.3) is 0 Å². The van der Waals surface area contributed by atoms with E-state index in [-0.39, 0.29) is 22.8 Å². The molecule has 1 aromatic carbocycles. The molecule has 1 fully saturated rings. The smallest absolute Gasteiger partial charge is 0.317 e. The average Bonchev–Trinajstić information content (AvgIpc) is 2.50. The quantitative estimate of drug-likeness (QED) is 0.869. The van der Waals surface area contributed by atoms with Crippen molar-refractivity contribution < 1.29 is 9.90 Å². The number of thioether (sulfide) groups is 1. The summed E-state index contributed by atoms with van der Waals surface area (Å²) in [6.45, 7) is 8.27. The van der Waals surface area contributed by atoms with Gasteiger partial charge in [-0.1, -0.05) is 30.3 Å². The molecule has 1 aromatic rings. The minimum Gasteiger partial charge on any atom is -0.393 e. The molecule has 0 radical (unpaired) electrons. The zero-order valence-corrected chi connectivity index (χ0v) is 15.1. The van der Waals surface area contributed by atoms with Gasteiger partial charge in [-0.25, -0.2) is 4.79 Å². The van der Waals surface area contributed by atoms with Crippen molar-refractivity contribution in [3.8, 4) is 0 Å². The fraction of sp³-hybridized carbons (Fsp3) is 0.611. The topological polar surface area (TPSA) is 52.6 Å². The Morgan fingerprint density at radius 3 is 2.70 bits per heavy atom. The Morgan fingerprint density at radius 1 is 1.39 bits per heavy atom. The molecule has 1 heterocycles. The van der Waals surface area contributed by atoms with Gasteiger partial charge in [-0.3, -0.25) is 0 Å². The van der Waals surface area contributed by atoms with Crippen LogP contribution in [0.15, 0.2) is 30.3 Å². The molecule has 2 atom stereocenters. The summed E-state index contributed by atoms with van der Waals surface area (Å²) in [6.07, 6.45) is 0.258. The Labute approximate surface area is 143 Å². The lowest BCUT2D eigenvalue weighted by Gasteiger charge is -2.37. The van der Waals surface area contributed by atoms with Crippen molar-refractivity contribution in [1.29, 1.82) is 0 Å². The van der Waals surface area contributed by atoms with E-state index in [2.05, 4.69) is 31.3 Å². The number of carbonyl (C=O) groups excluding carboxylic acids is 1. The largest absolute Gasteiger partial charge is 0.393 e. The number of nitrogens with zero attached hydrogens (tertiary/aromatic N) is 1. The number of amides is 2. The van der Waals surface area contributed by atoms with Gasteiger partial charge in [0, 0.05) is 36.1 Å². The lowest BCUT2D eigenvalue weighted by atomic mass is 9.93. The Hall–Kier alpha value is -1.20. The minimum atomic E-state index is -0.387. The van der Waals surface area contributed by atoms with Crippen LogP contribution in [0.5, 0.6) is 0 Å². The monoisotopic (exact) mass is 336 g/mol. The van der Waals surface area contributed by atoms with Crippen LogP contribution in [0, 0.1) is 0 Å². The molecule has 0 aliphatic carbocycles. The van der Waals surface area contributed by atoms with Gasteiger partial charge in [0.1, 0.15) is 0 Å². The molecular formula is C18H28N2O2S. The predicted octanol–water partition coefficient (Wildman–Crippen LogP) is 3.08. The van der Waals surface area contributed by atoms with E-state index in [4.69, 9.17) is 0 Å². The average molecular weight is 337 g/mol. The van der Waals surface area contributed by atoms with Crippen LogP contribution in [-0.4, -0.2) is 52.3 Å². The highest BCUT2D eigenvalue weighted by Crippen LogP contribution is 2.29. The highest BCUT2D eigenvalue weighted by Gasteiger charge is 2.30. The van der Waals surface area contributed by atoms with Crippen molar-refractivity contribution in [3.63, 3.8) is 0 Å². The third-order valence-electron chi connectivity index (χ3n) is 4.11. The summed E-state index contributed by atoms with van der Waals surface area (Å²) in [5.41, 5.74) is 1.16. The predicted molar refractivity (Wildman–Crippen MR) is 97.0 cm³/mol. The standard InChI is InChI=1S/C18H28N2O2S/c1-14(21)11-16(15-7-5-4-6-8-15)12-19-17(22)20-9-10-23-18(2,3)13-20/h4-8,14,16,21H,9-13H2,1-3H3,(H,19,22)/t14-,16+/m1/s1. The van der Waals surface area contributed by atoms with Gasteiger partial charge in [0.2, 0.25) is 0 Å². The van der Waals surface area contributed by atoms with Crippen molar-refractivity contribution in [2.45, 2.75) is 44.0 Å². The van der Waals surface area contributed by atoms with Gasteiger partial charge >= 0.3 is 6.03 Å². The van der Waals surface area contributed by atoms with Crippen molar-refractivity contribution in [3.05, 3.63) is 35.9 Å². The molecule has 1 saturated heterocycles. The van der Waals surface area contributed by atoms with E-state index in [0.29, 0.717) is 13.0 Å². The van der Waals surface area contributed by atoms with E-state index in [1.165, 1.54) is 0 Å². The van der Waals surface area contributed by atoms with Crippen LogP contribution in [0.3, 0.4) is 0 Å². The van der Waals surface area contributed by atoms with E-state index in [9.17, 15) is 9.90 Å². The van der Waals surface area contributed by atoms with Crippen molar-refractivity contribution in [2.75, 3.05) is 25.4 Å². The second-order valence-electron chi connectivity index (χ2n) is 6.91. The number of hydrogen-bond donors (Lipinski definition) is 2. The summed E-state index contributed by atoms with van der Waals surface area (Å²) in [7, 11) is 0. The lowest BCUT2D eigenvalue weighted by molar-refractivity contribution is 0.170. The maximum absolute atomic E-state index is 12.5. The van der Waals surface area contributed by atoms with Crippen LogP contribution in [0.25, 0.3) is 0 Å². The molecule has 1 aliphatic rings. The van der Waals surface area contributed by atoms with E-state index in [1.54, 1.807) is 6.92 Å². The molecule has 1 aliphatic heterocycles. The Balaban J connectivity index is 1.94. The van der Waals surface area contributed by atoms with Crippen LogP contribution in [0.1, 0.15) is 38.7 Å². The van der Waals surface area contributed by atoms with Crippen LogP contribution in [0.2, 0.25) is 0 Å². The maximum Gasteiger partial charge on any atom is 0.317 e. The van der Waals surface area contributed by atoms with E-state index >= 15 is 0 Å². The fourth-order valence-corrected chi connectivity index (χ4v) is 4.10. The highest BCUT2D eigenvalue weighted by atomic mass is 32.2. The highest BCUT2D eigenvalue weighted by molar-refractivity contribution is 8.00. The van der Waals surface area contributed by atoms with E-state index in [0.717, 1.165) is 24.4 Å². The molecular weight excluding hydrogens is 308 g/mol. The number of aliphatic hydroxyl groups is 1. The first-order chi connectivity index (χ1) is 10.9. The summed E-state index contributed by atoms with van der Waals surface area (Å²) < 4.78 is 0.119. The van der Waals surface area contributed by atoms with Crippen LogP contribution in [0.4, 0.5) is 4.79 Å². The second kappa shape index (κ2) is 8.06. The van der Waals surface area contributed by atoms with Gasteiger partial charge in [-0.15, -0.1) is 0 Å². The number of aliphatic hydroxyl groups excluding tert-OH is 1. The van der Waals surface area contributed by atoms with Crippen molar-refractivity contribution in [2.24, 2.45) is 0 Å². The molecule has 2 N–H and O–H groups in total. The molecule has 0 bridgehead atoms. The number of hydrogen-bond acceptors (Lipinski definition) is 3. The second-order valence-corrected chi connectivity index (χ2v) is 8.71. The van der Waals surface area contributed by atoms with Gasteiger partial charge in [-0.05, 0) is 32.8 Å². The molecule has 4 nitrogen and oxygen atoms in total. The first-order valence-corrected chi connectivity index (χ1v) is 9.26. The third-order valence-corrected chi connectivity index (χ3v) is 5.41. The number of nitrogens with one attached hydrogen (secondary N) is 1. The van der Waals surface area contributed by atoms with Gasteiger partial charge in [0.05, 0.1) is 6.10 Å². The maximum atomic E-state index is 12.5. The molecule has 0 unspecified atom stereocenters. The molecule has 23 heavy (non-hydrogen) atoms.